The van der Waals surface area contributed by atoms with E-state index in [0.717, 1.165) is 55.6 Å². The van der Waals surface area contributed by atoms with E-state index in [2.05, 4.69) is 0 Å². The Morgan fingerprint density at radius 2 is 0.824 bits per heavy atom. The maximum absolute atomic E-state index is 10.8. The van der Waals surface area contributed by atoms with Gasteiger partial charge in [-0.05, 0) is 132 Å². The lowest BCUT2D eigenvalue weighted by molar-refractivity contribution is 0.464. The summed E-state index contributed by atoms with van der Waals surface area (Å²) in [5.41, 5.74) is 9.13. The maximum Gasteiger partial charge on any atom is 0.122 e. The Balaban J connectivity index is 1.75. The standard InChI is InChI=1S/C30H30O4/c1-17-11-27(31)7-5-21(17)13-25-15-23(9-19(3)29(25)33)24-10-20(4)30(34)26(16-24)14-22-6-8-28(32)12-18(22)2/h5-12,15-16,31-34H,13-14H2,1-4H3. The summed E-state index contributed by atoms with van der Waals surface area (Å²) in [6.07, 6.45) is 1.09. The molecule has 174 valence electrons. The molecule has 0 spiro atoms. The first-order chi connectivity index (χ1) is 16.1. The fourth-order valence-electron chi connectivity index (χ4n) is 4.48. The summed E-state index contributed by atoms with van der Waals surface area (Å²) in [6, 6.07) is 18.5. The van der Waals surface area contributed by atoms with Gasteiger partial charge in [0.1, 0.15) is 23.0 Å². The zero-order valence-corrected chi connectivity index (χ0v) is 20.0. The zero-order chi connectivity index (χ0) is 24.6. The minimum atomic E-state index is 0.228. The van der Waals surface area contributed by atoms with Crippen LogP contribution in [0.4, 0.5) is 0 Å². The van der Waals surface area contributed by atoms with Gasteiger partial charge in [0.15, 0.2) is 0 Å². The second-order valence-electron chi connectivity index (χ2n) is 9.18. The second kappa shape index (κ2) is 9.14. The molecule has 0 radical (unpaired) electrons. The molecule has 0 aliphatic rings. The predicted molar refractivity (Wildman–Crippen MR) is 136 cm³/mol. The van der Waals surface area contributed by atoms with Gasteiger partial charge in [0.25, 0.3) is 0 Å². The molecule has 4 aromatic carbocycles. The van der Waals surface area contributed by atoms with Crippen molar-refractivity contribution in [1.82, 2.24) is 0 Å². The predicted octanol–water partition coefficient (Wildman–Crippen LogP) is 6.59. The first-order valence-corrected chi connectivity index (χ1v) is 11.3. The molecule has 4 nitrogen and oxygen atoms in total. The first kappa shape index (κ1) is 23.2. The van der Waals surface area contributed by atoms with Crippen LogP contribution in [0.25, 0.3) is 11.1 Å². The quantitative estimate of drug-likeness (QED) is 0.274. The highest BCUT2D eigenvalue weighted by atomic mass is 16.3. The zero-order valence-electron chi connectivity index (χ0n) is 20.0. The van der Waals surface area contributed by atoms with Gasteiger partial charge < -0.3 is 20.4 Å². The monoisotopic (exact) mass is 454 g/mol. The highest BCUT2D eigenvalue weighted by Crippen LogP contribution is 2.36. The van der Waals surface area contributed by atoms with Crippen LogP contribution >= 0.6 is 0 Å². The smallest absolute Gasteiger partial charge is 0.122 e. The number of phenolic OH excluding ortho intramolecular Hbond substituents is 4. The van der Waals surface area contributed by atoms with E-state index in [4.69, 9.17) is 0 Å². The van der Waals surface area contributed by atoms with Gasteiger partial charge in [0, 0.05) is 12.8 Å². The molecule has 0 atom stereocenters. The Morgan fingerprint density at radius 1 is 0.441 bits per heavy atom. The Kier molecular flexibility index (Phi) is 6.25. The van der Waals surface area contributed by atoms with E-state index < -0.39 is 0 Å². The molecule has 4 N–H and O–H groups in total. The first-order valence-electron chi connectivity index (χ1n) is 11.3. The Labute approximate surface area is 200 Å². The number of aromatic hydroxyl groups is 4. The van der Waals surface area contributed by atoms with Crippen LogP contribution in [0.5, 0.6) is 23.0 Å². The maximum atomic E-state index is 10.8. The molecule has 0 amide bonds. The van der Waals surface area contributed by atoms with E-state index in [-0.39, 0.29) is 23.0 Å². The average Bonchev–Trinajstić information content (AvgIpc) is 2.77. The number of benzene rings is 4. The normalized spacial score (nSPS) is 11.1. The third-order valence-electron chi connectivity index (χ3n) is 6.51. The molecular formula is C30H30O4. The lowest BCUT2D eigenvalue weighted by Crippen LogP contribution is -1.97. The molecule has 0 fully saturated rings. The van der Waals surface area contributed by atoms with Crippen molar-refractivity contribution in [3.63, 3.8) is 0 Å². The van der Waals surface area contributed by atoms with E-state index in [0.29, 0.717) is 12.8 Å². The Morgan fingerprint density at radius 3 is 1.18 bits per heavy atom. The van der Waals surface area contributed by atoms with Crippen molar-refractivity contribution in [1.29, 1.82) is 0 Å². The van der Waals surface area contributed by atoms with Gasteiger partial charge in [0.05, 0.1) is 0 Å². The van der Waals surface area contributed by atoms with Gasteiger partial charge in [-0.3, -0.25) is 0 Å². The molecule has 4 heteroatoms. The van der Waals surface area contributed by atoms with E-state index >= 15 is 0 Å². The van der Waals surface area contributed by atoms with Crippen LogP contribution in [-0.4, -0.2) is 20.4 Å². The number of phenols is 4. The van der Waals surface area contributed by atoms with Gasteiger partial charge in [-0.1, -0.05) is 12.1 Å². The molecule has 0 heterocycles. The number of aryl methyl sites for hydroxylation is 4. The van der Waals surface area contributed by atoms with Crippen LogP contribution in [0.1, 0.15) is 44.5 Å². The number of rotatable bonds is 5. The van der Waals surface area contributed by atoms with Crippen LogP contribution in [-0.2, 0) is 12.8 Å². The van der Waals surface area contributed by atoms with Crippen molar-refractivity contribution < 1.29 is 20.4 Å². The molecule has 4 aromatic rings. The summed E-state index contributed by atoms with van der Waals surface area (Å²) in [5.74, 6) is 0.996. The minimum Gasteiger partial charge on any atom is -0.508 e. The average molecular weight is 455 g/mol. The highest BCUT2D eigenvalue weighted by molar-refractivity contribution is 5.71. The molecule has 0 aromatic heterocycles. The van der Waals surface area contributed by atoms with Gasteiger partial charge in [-0.2, -0.15) is 0 Å². The molecular weight excluding hydrogens is 424 g/mol. The lowest BCUT2D eigenvalue weighted by Gasteiger charge is -2.16. The van der Waals surface area contributed by atoms with Crippen molar-refractivity contribution in [2.24, 2.45) is 0 Å². The van der Waals surface area contributed by atoms with Crippen LogP contribution in [0.15, 0.2) is 60.7 Å². The van der Waals surface area contributed by atoms with E-state index in [9.17, 15) is 20.4 Å². The van der Waals surface area contributed by atoms with Crippen molar-refractivity contribution >= 4 is 0 Å². The summed E-state index contributed by atoms with van der Waals surface area (Å²) < 4.78 is 0. The van der Waals surface area contributed by atoms with E-state index in [1.54, 1.807) is 24.3 Å². The van der Waals surface area contributed by atoms with Crippen molar-refractivity contribution in [2.45, 2.75) is 40.5 Å². The topological polar surface area (TPSA) is 80.9 Å². The lowest BCUT2D eigenvalue weighted by atomic mass is 9.91. The molecule has 0 bridgehead atoms. The minimum absolute atomic E-state index is 0.228. The van der Waals surface area contributed by atoms with Gasteiger partial charge in [-0.15, -0.1) is 0 Å². The van der Waals surface area contributed by atoms with E-state index in [1.807, 2.05) is 64.1 Å². The van der Waals surface area contributed by atoms with Crippen LogP contribution in [0.2, 0.25) is 0 Å². The van der Waals surface area contributed by atoms with Crippen molar-refractivity contribution in [3.05, 3.63) is 105 Å². The number of hydrogen-bond donors (Lipinski definition) is 4. The van der Waals surface area contributed by atoms with Gasteiger partial charge in [-0.25, -0.2) is 0 Å². The van der Waals surface area contributed by atoms with Crippen LogP contribution < -0.4 is 0 Å². The summed E-state index contributed by atoms with van der Waals surface area (Å²) in [4.78, 5) is 0. The summed E-state index contributed by atoms with van der Waals surface area (Å²) in [6.45, 7) is 7.67. The van der Waals surface area contributed by atoms with Gasteiger partial charge >= 0.3 is 0 Å². The third kappa shape index (κ3) is 4.72. The summed E-state index contributed by atoms with van der Waals surface area (Å²) >= 11 is 0. The van der Waals surface area contributed by atoms with Crippen molar-refractivity contribution in [2.75, 3.05) is 0 Å². The second-order valence-corrected chi connectivity index (χ2v) is 9.18. The third-order valence-corrected chi connectivity index (χ3v) is 6.51. The fraction of sp³-hybridized carbons (Fsp3) is 0.200. The number of hydrogen-bond acceptors (Lipinski definition) is 4. The summed E-state index contributed by atoms with van der Waals surface area (Å²) in [7, 11) is 0. The Hall–Kier alpha value is -3.92. The molecule has 0 saturated heterocycles. The molecule has 0 unspecified atom stereocenters. The summed E-state index contributed by atoms with van der Waals surface area (Å²) in [5, 5.41) is 41.0. The molecule has 4 rings (SSSR count). The molecule has 0 aliphatic carbocycles. The SMILES string of the molecule is Cc1cc(O)ccc1Cc1cc(-c2cc(C)c(O)c(Cc3ccc(O)cc3C)c2)cc(C)c1O. The molecule has 0 aliphatic heterocycles. The van der Waals surface area contributed by atoms with Gasteiger partial charge in [0.2, 0.25) is 0 Å². The van der Waals surface area contributed by atoms with Crippen molar-refractivity contribution in [3.8, 4) is 34.1 Å². The van der Waals surface area contributed by atoms with E-state index in [1.165, 1.54) is 0 Å². The van der Waals surface area contributed by atoms with Crippen LogP contribution in [0, 0.1) is 27.7 Å². The van der Waals surface area contributed by atoms with Crippen LogP contribution in [0.3, 0.4) is 0 Å². The highest BCUT2D eigenvalue weighted by Gasteiger charge is 2.15. The fourth-order valence-corrected chi connectivity index (χ4v) is 4.48. The Bertz CT molecular complexity index is 1280. The molecule has 34 heavy (non-hydrogen) atoms. The largest absolute Gasteiger partial charge is 0.508 e. The molecule has 0 saturated carbocycles.